The fourth-order valence-corrected chi connectivity index (χ4v) is 7.23. The van der Waals surface area contributed by atoms with Crippen LogP contribution in [0.15, 0.2) is 45.5 Å². The number of nitrogens with zero attached hydrogens (tertiary/aromatic N) is 2. The number of nitrogens with one attached hydrogen (secondary N) is 1. The van der Waals surface area contributed by atoms with E-state index in [-0.39, 0.29) is 21.3 Å². The molecule has 12 heteroatoms. The second-order valence-corrected chi connectivity index (χ2v) is 12.6. The maximum atomic E-state index is 12.9. The number of carbonyl (C=O) groups is 1. The van der Waals surface area contributed by atoms with Crippen LogP contribution >= 0.6 is 22.9 Å². The molecular weight excluding hydrogens is 458 g/mol. The summed E-state index contributed by atoms with van der Waals surface area (Å²) in [4.78, 5) is 12.8. The van der Waals surface area contributed by atoms with Crippen LogP contribution in [-0.2, 0) is 24.8 Å². The third-order valence-electron chi connectivity index (χ3n) is 4.50. The first-order valence-electron chi connectivity index (χ1n) is 8.64. The van der Waals surface area contributed by atoms with E-state index in [9.17, 15) is 21.6 Å². The largest absolute Gasteiger partial charge is 0.325 e. The van der Waals surface area contributed by atoms with Crippen molar-refractivity contribution in [2.75, 3.05) is 26.0 Å². The summed E-state index contributed by atoms with van der Waals surface area (Å²) in [6.45, 7) is 0.227. The Morgan fingerprint density at radius 3 is 2.55 bits per heavy atom. The minimum Gasteiger partial charge on any atom is -0.325 e. The summed E-state index contributed by atoms with van der Waals surface area (Å²) in [6.07, 6.45) is 0.922. The highest BCUT2D eigenvalue weighted by molar-refractivity contribution is 7.91. The third kappa shape index (κ3) is 4.49. The molecule has 0 radical (unpaired) electrons. The van der Waals surface area contributed by atoms with Gasteiger partial charge in [-0.05, 0) is 43.2 Å². The molecule has 1 saturated heterocycles. The summed E-state index contributed by atoms with van der Waals surface area (Å²) in [6, 6.07) is 7.89. The lowest BCUT2D eigenvalue weighted by Gasteiger charge is -2.22. The first-order chi connectivity index (χ1) is 13.5. The first kappa shape index (κ1) is 22.2. The molecule has 0 bridgehead atoms. The highest BCUT2D eigenvalue weighted by atomic mass is 35.5. The number of halogens is 1. The molecule has 1 fully saturated rings. The number of amides is 1. The molecule has 2 aromatic rings. The zero-order chi connectivity index (χ0) is 21.4. The molecule has 1 aromatic heterocycles. The highest BCUT2D eigenvalue weighted by Crippen LogP contribution is 2.32. The molecule has 0 saturated carbocycles. The van der Waals surface area contributed by atoms with E-state index in [1.165, 1.54) is 48.7 Å². The zero-order valence-electron chi connectivity index (χ0n) is 15.7. The van der Waals surface area contributed by atoms with Crippen molar-refractivity contribution in [3.63, 3.8) is 0 Å². The second-order valence-electron chi connectivity index (χ2n) is 6.64. The van der Waals surface area contributed by atoms with Gasteiger partial charge in [0, 0.05) is 26.3 Å². The number of rotatable bonds is 6. The number of hydrogen-bond acceptors (Lipinski definition) is 6. The summed E-state index contributed by atoms with van der Waals surface area (Å²) < 4.78 is 53.0. The van der Waals surface area contributed by atoms with Gasteiger partial charge in [0.25, 0.3) is 10.0 Å². The Hall–Kier alpha value is -1.50. The van der Waals surface area contributed by atoms with Gasteiger partial charge in [-0.15, -0.1) is 11.3 Å². The quantitative estimate of drug-likeness (QED) is 0.688. The predicted molar refractivity (Wildman–Crippen MR) is 112 cm³/mol. The van der Waals surface area contributed by atoms with Crippen molar-refractivity contribution in [1.82, 2.24) is 8.61 Å². The molecule has 2 heterocycles. The molecule has 3 rings (SSSR count). The van der Waals surface area contributed by atoms with Crippen molar-refractivity contribution in [3.8, 4) is 0 Å². The molecular formula is C17H20ClN3O5S3. The van der Waals surface area contributed by atoms with E-state index in [0.29, 0.717) is 17.2 Å². The molecule has 0 aliphatic carbocycles. The van der Waals surface area contributed by atoms with Crippen molar-refractivity contribution >= 4 is 54.6 Å². The van der Waals surface area contributed by atoms with Crippen LogP contribution < -0.4 is 5.32 Å². The van der Waals surface area contributed by atoms with E-state index in [1.807, 2.05) is 0 Å². The Morgan fingerprint density at radius 1 is 1.21 bits per heavy atom. The van der Waals surface area contributed by atoms with E-state index >= 15 is 0 Å². The van der Waals surface area contributed by atoms with Crippen LogP contribution in [0.4, 0.5) is 5.69 Å². The van der Waals surface area contributed by atoms with Crippen LogP contribution in [0, 0.1) is 0 Å². The van der Waals surface area contributed by atoms with Gasteiger partial charge in [0.1, 0.15) is 10.3 Å². The molecule has 1 aromatic carbocycles. The molecule has 1 N–H and O–H groups in total. The van der Waals surface area contributed by atoms with E-state index in [0.717, 1.165) is 15.6 Å². The van der Waals surface area contributed by atoms with Gasteiger partial charge in [-0.3, -0.25) is 4.79 Å². The van der Waals surface area contributed by atoms with Gasteiger partial charge in [-0.2, -0.15) is 4.31 Å². The minimum atomic E-state index is -3.84. The van der Waals surface area contributed by atoms with Gasteiger partial charge in [0.15, 0.2) is 0 Å². The molecule has 8 nitrogen and oxygen atoms in total. The molecule has 1 unspecified atom stereocenters. The fourth-order valence-electron chi connectivity index (χ4n) is 3.01. The standard InChI is InChI=1S/C17H20ClN3O5S3/c1-20(2)28(23,24)13-6-3-5-12(11-13)19-17(22)14-7-4-10-21(14)29(25,26)16-9-8-15(18)27-16/h3,5-6,8-9,11,14H,4,7,10H2,1-2H3,(H,19,22). The third-order valence-corrected chi connectivity index (χ3v) is 9.92. The first-order valence-corrected chi connectivity index (χ1v) is 12.7. The summed E-state index contributed by atoms with van der Waals surface area (Å²) >= 11 is 6.80. The van der Waals surface area contributed by atoms with Gasteiger partial charge in [0.05, 0.1) is 9.23 Å². The summed E-state index contributed by atoms with van der Waals surface area (Å²) in [5.74, 6) is -0.506. The number of carbonyl (C=O) groups excluding carboxylic acids is 1. The number of benzene rings is 1. The molecule has 1 atom stereocenters. The average molecular weight is 478 g/mol. The summed E-state index contributed by atoms with van der Waals surface area (Å²) in [5.41, 5.74) is 0.279. The van der Waals surface area contributed by atoms with Gasteiger partial charge in [-0.25, -0.2) is 21.1 Å². The second kappa shape index (κ2) is 8.32. The number of hydrogen-bond donors (Lipinski definition) is 1. The molecule has 1 amide bonds. The van der Waals surface area contributed by atoms with Crippen LogP contribution in [0.3, 0.4) is 0 Å². The van der Waals surface area contributed by atoms with Crippen molar-refractivity contribution in [2.45, 2.75) is 28.0 Å². The zero-order valence-corrected chi connectivity index (χ0v) is 18.9. The topological polar surface area (TPSA) is 104 Å². The van der Waals surface area contributed by atoms with Crippen LogP contribution in [0.5, 0.6) is 0 Å². The van der Waals surface area contributed by atoms with Crippen LogP contribution in [0.25, 0.3) is 0 Å². The molecule has 0 spiro atoms. The Bertz CT molecular complexity index is 1130. The maximum absolute atomic E-state index is 12.9. The fraction of sp³-hybridized carbons (Fsp3) is 0.353. The lowest BCUT2D eigenvalue weighted by Crippen LogP contribution is -2.42. The van der Waals surface area contributed by atoms with Crippen LogP contribution in [-0.4, -0.2) is 58.0 Å². The monoisotopic (exact) mass is 477 g/mol. The summed E-state index contributed by atoms with van der Waals surface area (Å²) in [5, 5.41) is 2.64. The maximum Gasteiger partial charge on any atom is 0.253 e. The Kier molecular flexibility index (Phi) is 6.37. The van der Waals surface area contributed by atoms with Gasteiger partial charge in [-0.1, -0.05) is 17.7 Å². The lowest BCUT2D eigenvalue weighted by atomic mass is 10.2. The van der Waals surface area contributed by atoms with Crippen LogP contribution in [0.2, 0.25) is 4.34 Å². The Morgan fingerprint density at radius 2 is 1.93 bits per heavy atom. The molecule has 29 heavy (non-hydrogen) atoms. The molecule has 1 aliphatic rings. The predicted octanol–water partition coefficient (Wildman–Crippen LogP) is 2.44. The normalized spacial score (nSPS) is 18.3. The van der Waals surface area contributed by atoms with E-state index in [2.05, 4.69) is 5.32 Å². The summed E-state index contributed by atoms with van der Waals surface area (Å²) in [7, 11) is -4.67. The van der Waals surface area contributed by atoms with Gasteiger partial charge < -0.3 is 5.32 Å². The Labute approximate surface area is 179 Å². The SMILES string of the molecule is CN(C)S(=O)(=O)c1cccc(NC(=O)C2CCCN2S(=O)(=O)c2ccc(Cl)s2)c1. The lowest BCUT2D eigenvalue weighted by molar-refractivity contribution is -0.119. The van der Waals surface area contributed by atoms with Crippen molar-refractivity contribution in [1.29, 1.82) is 0 Å². The molecule has 1 aliphatic heterocycles. The highest BCUT2D eigenvalue weighted by Gasteiger charge is 2.40. The van der Waals surface area contributed by atoms with Crippen LogP contribution in [0.1, 0.15) is 12.8 Å². The van der Waals surface area contributed by atoms with E-state index < -0.39 is 32.0 Å². The average Bonchev–Trinajstić information content (AvgIpc) is 3.31. The number of sulfonamides is 2. The number of thiophene rings is 1. The minimum absolute atomic E-state index is 0.0319. The Balaban J connectivity index is 1.82. The van der Waals surface area contributed by atoms with Crippen molar-refractivity contribution in [2.24, 2.45) is 0 Å². The number of anilines is 1. The van der Waals surface area contributed by atoms with E-state index in [1.54, 1.807) is 6.07 Å². The van der Waals surface area contributed by atoms with Gasteiger partial charge >= 0.3 is 0 Å². The van der Waals surface area contributed by atoms with Crippen molar-refractivity contribution < 1.29 is 21.6 Å². The van der Waals surface area contributed by atoms with E-state index in [4.69, 9.17) is 11.6 Å². The smallest absolute Gasteiger partial charge is 0.253 e. The molecule has 158 valence electrons. The van der Waals surface area contributed by atoms with Gasteiger partial charge in [0.2, 0.25) is 15.9 Å². The van der Waals surface area contributed by atoms with Crippen molar-refractivity contribution in [3.05, 3.63) is 40.7 Å².